The zero-order valence-corrected chi connectivity index (χ0v) is 11.5. The van der Waals surface area contributed by atoms with Crippen molar-refractivity contribution in [3.8, 4) is 0 Å². The van der Waals surface area contributed by atoms with Gasteiger partial charge in [-0.25, -0.2) is 0 Å². The van der Waals surface area contributed by atoms with Gasteiger partial charge in [-0.3, -0.25) is 0 Å². The van der Waals surface area contributed by atoms with Crippen LogP contribution in [-0.2, 0) is 0 Å². The molecule has 0 radical (unpaired) electrons. The SMILES string of the molecule is Nc1cc(Cl)ccc1N1CCCC1C1CCCC1. The van der Waals surface area contributed by atoms with Gasteiger partial charge in [-0.05, 0) is 49.8 Å². The third-order valence-electron chi connectivity index (χ3n) is 4.54. The van der Waals surface area contributed by atoms with Crippen LogP contribution in [0.3, 0.4) is 0 Å². The van der Waals surface area contributed by atoms with E-state index in [2.05, 4.69) is 11.0 Å². The molecule has 0 spiro atoms. The molecule has 1 aromatic carbocycles. The molecule has 0 amide bonds. The standard InChI is InChI=1S/C15H21ClN2/c16-12-7-8-15(13(17)10-12)18-9-3-6-14(18)11-4-1-2-5-11/h7-8,10-11,14H,1-6,9,17H2. The summed E-state index contributed by atoms with van der Waals surface area (Å²) in [5.74, 6) is 0.877. The predicted molar refractivity (Wildman–Crippen MR) is 78.2 cm³/mol. The maximum atomic E-state index is 6.14. The van der Waals surface area contributed by atoms with E-state index < -0.39 is 0 Å². The van der Waals surface area contributed by atoms with Crippen molar-refractivity contribution >= 4 is 23.0 Å². The Balaban J connectivity index is 1.85. The van der Waals surface area contributed by atoms with E-state index in [9.17, 15) is 0 Å². The van der Waals surface area contributed by atoms with E-state index in [1.54, 1.807) is 0 Å². The molecule has 98 valence electrons. The lowest BCUT2D eigenvalue weighted by atomic mass is 9.95. The number of halogens is 1. The summed E-state index contributed by atoms with van der Waals surface area (Å²) >= 11 is 5.99. The first-order valence-corrected chi connectivity index (χ1v) is 7.45. The molecule has 1 aromatic rings. The van der Waals surface area contributed by atoms with Crippen molar-refractivity contribution in [3.05, 3.63) is 23.2 Å². The number of nitrogens with zero attached hydrogens (tertiary/aromatic N) is 1. The molecule has 3 rings (SSSR count). The van der Waals surface area contributed by atoms with Crippen LogP contribution in [0, 0.1) is 5.92 Å². The van der Waals surface area contributed by atoms with Crippen molar-refractivity contribution in [2.75, 3.05) is 17.2 Å². The van der Waals surface area contributed by atoms with E-state index in [1.165, 1.54) is 44.2 Å². The number of nitrogens with two attached hydrogens (primary N) is 1. The number of nitrogen functional groups attached to an aromatic ring is 1. The van der Waals surface area contributed by atoms with Gasteiger partial charge in [0.15, 0.2) is 0 Å². The fraction of sp³-hybridized carbons (Fsp3) is 0.600. The molecular formula is C15H21ClN2. The van der Waals surface area contributed by atoms with E-state index in [0.29, 0.717) is 6.04 Å². The Morgan fingerprint density at radius 3 is 2.61 bits per heavy atom. The molecule has 0 aromatic heterocycles. The van der Waals surface area contributed by atoms with Crippen LogP contribution >= 0.6 is 11.6 Å². The maximum absolute atomic E-state index is 6.14. The highest BCUT2D eigenvalue weighted by molar-refractivity contribution is 6.31. The Labute approximate surface area is 114 Å². The summed E-state index contributed by atoms with van der Waals surface area (Å²) in [7, 11) is 0. The molecule has 2 aliphatic rings. The van der Waals surface area contributed by atoms with Crippen molar-refractivity contribution < 1.29 is 0 Å². The van der Waals surface area contributed by atoms with Crippen LogP contribution < -0.4 is 10.6 Å². The second-order valence-corrected chi connectivity index (χ2v) is 6.09. The van der Waals surface area contributed by atoms with Crippen LogP contribution in [0.4, 0.5) is 11.4 Å². The van der Waals surface area contributed by atoms with Crippen molar-refractivity contribution in [1.82, 2.24) is 0 Å². The van der Waals surface area contributed by atoms with Crippen LogP contribution in [-0.4, -0.2) is 12.6 Å². The Bertz CT molecular complexity index is 427. The average molecular weight is 265 g/mol. The molecule has 0 bridgehead atoms. The van der Waals surface area contributed by atoms with Crippen LogP contribution in [0.1, 0.15) is 38.5 Å². The third-order valence-corrected chi connectivity index (χ3v) is 4.78. The summed E-state index contributed by atoms with van der Waals surface area (Å²) in [6.45, 7) is 1.15. The van der Waals surface area contributed by atoms with Gasteiger partial charge in [-0.2, -0.15) is 0 Å². The Morgan fingerprint density at radius 2 is 1.89 bits per heavy atom. The van der Waals surface area contributed by atoms with Gasteiger partial charge in [-0.15, -0.1) is 0 Å². The number of hydrogen-bond acceptors (Lipinski definition) is 2. The highest BCUT2D eigenvalue weighted by Crippen LogP contribution is 2.39. The molecule has 1 saturated heterocycles. The minimum absolute atomic E-state index is 0.705. The zero-order valence-electron chi connectivity index (χ0n) is 10.7. The molecule has 1 aliphatic heterocycles. The van der Waals surface area contributed by atoms with E-state index in [-0.39, 0.29) is 0 Å². The van der Waals surface area contributed by atoms with Gasteiger partial charge in [0.05, 0.1) is 11.4 Å². The highest BCUT2D eigenvalue weighted by atomic mass is 35.5. The number of benzene rings is 1. The normalized spacial score (nSPS) is 24.9. The fourth-order valence-corrected chi connectivity index (χ4v) is 3.89. The summed E-state index contributed by atoms with van der Waals surface area (Å²) in [5.41, 5.74) is 8.15. The second kappa shape index (κ2) is 5.00. The number of anilines is 2. The summed E-state index contributed by atoms with van der Waals surface area (Å²) in [6.07, 6.45) is 8.23. The lowest BCUT2D eigenvalue weighted by Crippen LogP contribution is -2.35. The minimum Gasteiger partial charge on any atom is -0.397 e. The summed E-state index contributed by atoms with van der Waals surface area (Å²) in [4.78, 5) is 2.53. The Hall–Kier alpha value is -0.890. The van der Waals surface area contributed by atoms with E-state index in [4.69, 9.17) is 17.3 Å². The molecular weight excluding hydrogens is 244 g/mol. The van der Waals surface area contributed by atoms with Crippen molar-refractivity contribution in [1.29, 1.82) is 0 Å². The third kappa shape index (κ3) is 2.18. The molecule has 1 atom stereocenters. The van der Waals surface area contributed by atoms with Crippen LogP contribution in [0.15, 0.2) is 18.2 Å². The lowest BCUT2D eigenvalue weighted by Gasteiger charge is -2.32. The topological polar surface area (TPSA) is 29.3 Å². The maximum Gasteiger partial charge on any atom is 0.0603 e. The van der Waals surface area contributed by atoms with Crippen molar-refractivity contribution in [3.63, 3.8) is 0 Å². The van der Waals surface area contributed by atoms with Gasteiger partial charge in [0, 0.05) is 17.6 Å². The van der Waals surface area contributed by atoms with Crippen molar-refractivity contribution in [2.45, 2.75) is 44.6 Å². The van der Waals surface area contributed by atoms with Crippen LogP contribution in [0.5, 0.6) is 0 Å². The van der Waals surface area contributed by atoms with E-state index >= 15 is 0 Å². The first-order chi connectivity index (χ1) is 8.75. The summed E-state index contributed by atoms with van der Waals surface area (Å²) < 4.78 is 0. The first kappa shape index (κ1) is 12.2. The van der Waals surface area contributed by atoms with Crippen LogP contribution in [0.2, 0.25) is 5.02 Å². The second-order valence-electron chi connectivity index (χ2n) is 5.65. The summed E-state index contributed by atoms with van der Waals surface area (Å²) in [6, 6.07) is 6.62. The zero-order chi connectivity index (χ0) is 12.5. The van der Waals surface area contributed by atoms with Gasteiger partial charge in [0.2, 0.25) is 0 Å². The Kier molecular flexibility index (Phi) is 3.38. The van der Waals surface area contributed by atoms with Crippen molar-refractivity contribution in [2.24, 2.45) is 5.92 Å². The van der Waals surface area contributed by atoms with Gasteiger partial charge in [-0.1, -0.05) is 24.4 Å². The van der Waals surface area contributed by atoms with E-state index in [0.717, 1.165) is 23.2 Å². The van der Waals surface area contributed by atoms with Gasteiger partial charge < -0.3 is 10.6 Å². The van der Waals surface area contributed by atoms with Gasteiger partial charge in [0.25, 0.3) is 0 Å². The molecule has 3 heteroatoms. The number of rotatable bonds is 2. The smallest absolute Gasteiger partial charge is 0.0603 e. The van der Waals surface area contributed by atoms with Crippen LogP contribution in [0.25, 0.3) is 0 Å². The Morgan fingerprint density at radius 1 is 1.11 bits per heavy atom. The molecule has 2 N–H and O–H groups in total. The predicted octanol–water partition coefficient (Wildman–Crippen LogP) is 4.08. The van der Waals surface area contributed by atoms with Gasteiger partial charge in [0.1, 0.15) is 0 Å². The van der Waals surface area contributed by atoms with Gasteiger partial charge >= 0.3 is 0 Å². The molecule has 18 heavy (non-hydrogen) atoms. The van der Waals surface area contributed by atoms with E-state index in [1.807, 2.05) is 12.1 Å². The summed E-state index contributed by atoms with van der Waals surface area (Å²) in [5, 5.41) is 0.730. The minimum atomic E-state index is 0.705. The molecule has 2 nitrogen and oxygen atoms in total. The first-order valence-electron chi connectivity index (χ1n) is 7.07. The molecule has 1 unspecified atom stereocenters. The quantitative estimate of drug-likeness (QED) is 0.816. The molecule has 2 fully saturated rings. The largest absolute Gasteiger partial charge is 0.397 e. The fourth-order valence-electron chi connectivity index (χ4n) is 3.71. The number of hydrogen-bond donors (Lipinski definition) is 1. The molecule has 1 aliphatic carbocycles. The molecule has 1 heterocycles. The average Bonchev–Trinajstić information content (AvgIpc) is 2.98. The lowest BCUT2D eigenvalue weighted by molar-refractivity contribution is 0.431. The molecule has 1 saturated carbocycles. The monoisotopic (exact) mass is 264 g/mol. The highest BCUT2D eigenvalue weighted by Gasteiger charge is 2.33.